The minimum Gasteiger partial charge on any atom is -0.495 e. The summed E-state index contributed by atoms with van der Waals surface area (Å²) >= 11 is 0. The van der Waals surface area contributed by atoms with Gasteiger partial charge in [-0.05, 0) is 36.8 Å². The Balaban J connectivity index is 1.49. The highest BCUT2D eigenvalue weighted by molar-refractivity contribution is 6.04. The number of aryl methyl sites for hydroxylation is 1. The molecule has 27 heavy (non-hydrogen) atoms. The molecule has 2 amide bonds. The lowest BCUT2D eigenvalue weighted by molar-refractivity contribution is -0.122. The van der Waals surface area contributed by atoms with Crippen molar-refractivity contribution in [2.24, 2.45) is 5.92 Å². The molecule has 140 valence electrons. The molecule has 1 saturated heterocycles. The predicted octanol–water partition coefficient (Wildman–Crippen LogP) is 2.72. The Morgan fingerprint density at radius 3 is 2.81 bits per heavy atom. The maximum absolute atomic E-state index is 12.7. The van der Waals surface area contributed by atoms with Crippen LogP contribution in [-0.2, 0) is 9.59 Å². The van der Waals surface area contributed by atoms with E-state index in [4.69, 9.17) is 14.2 Å². The lowest BCUT2D eigenvalue weighted by atomic mass is 10.1. The molecule has 0 aromatic heterocycles. The van der Waals surface area contributed by atoms with Gasteiger partial charge in [-0.15, -0.1) is 0 Å². The summed E-state index contributed by atoms with van der Waals surface area (Å²) in [6.45, 7) is 2.44. The zero-order valence-electron chi connectivity index (χ0n) is 15.2. The second kappa shape index (κ2) is 6.83. The number of nitrogens with zero attached hydrogens (tertiary/aromatic N) is 1. The molecule has 4 rings (SSSR count). The summed E-state index contributed by atoms with van der Waals surface area (Å²) in [5.74, 6) is 1.14. The topological polar surface area (TPSA) is 77.1 Å². The lowest BCUT2D eigenvalue weighted by Crippen LogP contribution is -2.28. The quantitative estimate of drug-likeness (QED) is 0.898. The van der Waals surface area contributed by atoms with Crippen LogP contribution in [0.1, 0.15) is 12.0 Å². The Bertz CT molecular complexity index is 911. The van der Waals surface area contributed by atoms with Crippen LogP contribution >= 0.6 is 0 Å². The van der Waals surface area contributed by atoms with Gasteiger partial charge in [0.25, 0.3) is 0 Å². The van der Waals surface area contributed by atoms with E-state index in [9.17, 15) is 9.59 Å². The van der Waals surface area contributed by atoms with Crippen molar-refractivity contribution in [3.63, 3.8) is 0 Å². The van der Waals surface area contributed by atoms with E-state index in [0.717, 1.165) is 5.56 Å². The van der Waals surface area contributed by atoms with Gasteiger partial charge < -0.3 is 24.4 Å². The highest BCUT2D eigenvalue weighted by Gasteiger charge is 2.36. The van der Waals surface area contributed by atoms with E-state index in [1.54, 1.807) is 30.2 Å². The van der Waals surface area contributed by atoms with Crippen LogP contribution < -0.4 is 24.4 Å². The largest absolute Gasteiger partial charge is 0.495 e. The van der Waals surface area contributed by atoms with Crippen molar-refractivity contribution in [1.82, 2.24) is 0 Å². The molecule has 1 N–H and O–H groups in total. The summed E-state index contributed by atoms with van der Waals surface area (Å²) in [6, 6.07) is 10.9. The van der Waals surface area contributed by atoms with Crippen LogP contribution in [0.4, 0.5) is 11.4 Å². The number of carbonyl (C=O) groups excluding carboxylic acids is 2. The highest BCUT2D eigenvalue weighted by Crippen LogP contribution is 2.36. The fourth-order valence-corrected chi connectivity index (χ4v) is 3.35. The number of benzene rings is 2. The molecule has 1 fully saturated rings. The first-order valence-electron chi connectivity index (χ1n) is 8.70. The number of nitrogens with one attached hydrogen (secondary N) is 1. The molecule has 2 aromatic rings. The van der Waals surface area contributed by atoms with Crippen molar-refractivity contribution in [1.29, 1.82) is 0 Å². The van der Waals surface area contributed by atoms with Crippen LogP contribution in [0.2, 0.25) is 0 Å². The van der Waals surface area contributed by atoms with Crippen molar-refractivity contribution in [3.8, 4) is 17.2 Å². The average Bonchev–Trinajstić information content (AvgIpc) is 3.27. The van der Waals surface area contributed by atoms with Crippen LogP contribution in [0.15, 0.2) is 36.4 Å². The predicted molar refractivity (Wildman–Crippen MR) is 99.4 cm³/mol. The number of amides is 2. The van der Waals surface area contributed by atoms with Gasteiger partial charge in [0.2, 0.25) is 18.6 Å². The van der Waals surface area contributed by atoms with Crippen LogP contribution in [-0.4, -0.2) is 32.3 Å². The lowest BCUT2D eigenvalue weighted by Gasteiger charge is -2.20. The number of ether oxygens (including phenoxy) is 3. The number of hydrogen-bond donors (Lipinski definition) is 1. The maximum Gasteiger partial charge on any atom is 0.231 e. The summed E-state index contributed by atoms with van der Waals surface area (Å²) in [4.78, 5) is 26.8. The number of hydrogen-bond acceptors (Lipinski definition) is 5. The summed E-state index contributed by atoms with van der Waals surface area (Å²) in [6.07, 6.45) is 0.160. The number of fused-ring (bicyclic) bond motifs is 1. The van der Waals surface area contributed by atoms with Gasteiger partial charge in [-0.25, -0.2) is 0 Å². The van der Waals surface area contributed by atoms with Crippen molar-refractivity contribution >= 4 is 23.2 Å². The molecule has 0 radical (unpaired) electrons. The summed E-state index contributed by atoms with van der Waals surface area (Å²) in [5.41, 5.74) is 2.33. The van der Waals surface area contributed by atoms with Gasteiger partial charge in [-0.2, -0.15) is 0 Å². The van der Waals surface area contributed by atoms with Gasteiger partial charge in [-0.3, -0.25) is 9.59 Å². The zero-order valence-corrected chi connectivity index (χ0v) is 15.2. The molecule has 2 aromatic carbocycles. The number of rotatable bonds is 4. The molecule has 1 unspecified atom stereocenters. The van der Waals surface area contributed by atoms with Crippen LogP contribution in [0.25, 0.3) is 0 Å². The number of carbonyl (C=O) groups is 2. The monoisotopic (exact) mass is 368 g/mol. The molecular formula is C20H20N2O5. The first-order valence-corrected chi connectivity index (χ1v) is 8.70. The molecule has 2 aliphatic rings. The summed E-state index contributed by atoms with van der Waals surface area (Å²) < 4.78 is 16.0. The van der Waals surface area contributed by atoms with Crippen molar-refractivity contribution in [2.45, 2.75) is 13.3 Å². The molecule has 2 aliphatic heterocycles. The molecule has 0 spiro atoms. The average molecular weight is 368 g/mol. The van der Waals surface area contributed by atoms with E-state index in [1.807, 2.05) is 25.1 Å². The Kier molecular flexibility index (Phi) is 4.35. The normalized spacial score (nSPS) is 17.9. The van der Waals surface area contributed by atoms with Crippen LogP contribution in [0.3, 0.4) is 0 Å². The third-order valence-corrected chi connectivity index (χ3v) is 4.76. The maximum atomic E-state index is 12.7. The molecule has 7 nitrogen and oxygen atoms in total. The van der Waals surface area contributed by atoms with Gasteiger partial charge in [0.15, 0.2) is 11.5 Å². The minimum absolute atomic E-state index is 0.0928. The van der Waals surface area contributed by atoms with Gasteiger partial charge in [0.1, 0.15) is 5.75 Å². The fraction of sp³-hybridized carbons (Fsp3) is 0.300. The molecular weight excluding hydrogens is 348 g/mol. The minimum atomic E-state index is -0.437. The molecule has 0 bridgehead atoms. The molecule has 2 heterocycles. The molecule has 7 heteroatoms. The third-order valence-electron chi connectivity index (χ3n) is 4.76. The zero-order chi connectivity index (χ0) is 19.0. The fourth-order valence-electron chi connectivity index (χ4n) is 3.35. The standard InChI is InChI=1S/C20H20N2O5/c1-12-3-5-16(25-2)15(7-12)22-10-13(8-19(22)23)20(24)21-14-4-6-17-18(9-14)27-11-26-17/h3-7,9,13H,8,10-11H2,1-2H3,(H,21,24). The van der Waals surface area contributed by atoms with E-state index in [-0.39, 0.29) is 25.0 Å². The second-order valence-corrected chi connectivity index (χ2v) is 6.64. The Labute approximate surface area is 156 Å². The smallest absolute Gasteiger partial charge is 0.231 e. The van der Waals surface area contributed by atoms with Gasteiger partial charge in [0.05, 0.1) is 18.7 Å². The summed E-state index contributed by atoms with van der Waals surface area (Å²) in [5, 5.41) is 2.86. The van der Waals surface area contributed by atoms with Gasteiger partial charge in [0, 0.05) is 24.7 Å². The molecule has 0 aliphatic carbocycles. The van der Waals surface area contributed by atoms with E-state index in [1.165, 1.54) is 0 Å². The van der Waals surface area contributed by atoms with Crippen molar-refractivity contribution in [3.05, 3.63) is 42.0 Å². The molecule has 0 saturated carbocycles. The van der Waals surface area contributed by atoms with E-state index >= 15 is 0 Å². The van der Waals surface area contributed by atoms with E-state index in [2.05, 4.69) is 5.32 Å². The van der Waals surface area contributed by atoms with Gasteiger partial charge in [-0.1, -0.05) is 6.07 Å². The first kappa shape index (κ1) is 17.2. The van der Waals surface area contributed by atoms with E-state index < -0.39 is 5.92 Å². The van der Waals surface area contributed by atoms with E-state index in [0.29, 0.717) is 35.2 Å². The van der Waals surface area contributed by atoms with Gasteiger partial charge >= 0.3 is 0 Å². The highest BCUT2D eigenvalue weighted by atomic mass is 16.7. The van der Waals surface area contributed by atoms with Crippen LogP contribution in [0, 0.1) is 12.8 Å². The third kappa shape index (κ3) is 3.28. The summed E-state index contributed by atoms with van der Waals surface area (Å²) in [7, 11) is 1.57. The first-order chi connectivity index (χ1) is 13.0. The Hall–Kier alpha value is -3.22. The van der Waals surface area contributed by atoms with Crippen molar-refractivity contribution in [2.75, 3.05) is 30.7 Å². The SMILES string of the molecule is COc1ccc(C)cc1N1CC(C(=O)Nc2ccc3c(c2)OCO3)CC1=O. The van der Waals surface area contributed by atoms with Crippen molar-refractivity contribution < 1.29 is 23.8 Å². The Morgan fingerprint density at radius 2 is 2.00 bits per heavy atom. The number of methoxy groups -OCH3 is 1. The molecule has 1 atom stereocenters. The second-order valence-electron chi connectivity index (χ2n) is 6.64. The van der Waals surface area contributed by atoms with Crippen LogP contribution in [0.5, 0.6) is 17.2 Å². The number of anilines is 2. The Morgan fingerprint density at radius 1 is 1.19 bits per heavy atom.